The molecule has 0 bridgehead atoms. The maximum absolute atomic E-state index is 11.3. The molecule has 0 radical (unpaired) electrons. The van der Waals surface area contributed by atoms with Gasteiger partial charge in [0, 0.05) is 18.9 Å². The lowest BCUT2D eigenvalue weighted by Gasteiger charge is -2.23. The maximum atomic E-state index is 11.3. The van der Waals surface area contributed by atoms with E-state index in [1.54, 1.807) is 20.1 Å². The van der Waals surface area contributed by atoms with Crippen LogP contribution in [0.25, 0.3) is 0 Å². The summed E-state index contributed by atoms with van der Waals surface area (Å²) in [7, 11) is 2.92. The van der Waals surface area contributed by atoms with E-state index in [0.717, 1.165) is 16.9 Å². The van der Waals surface area contributed by atoms with Crippen molar-refractivity contribution in [2.24, 2.45) is 0 Å². The van der Waals surface area contributed by atoms with Gasteiger partial charge in [0.05, 0.1) is 14.2 Å². The molecule has 0 heterocycles. The van der Waals surface area contributed by atoms with Crippen LogP contribution in [-0.2, 0) is 19.1 Å². The second-order valence-corrected chi connectivity index (χ2v) is 4.95. The average molecular weight is 306 g/mol. The van der Waals surface area contributed by atoms with Crippen LogP contribution in [0.5, 0.6) is 5.75 Å². The molecule has 1 aromatic carbocycles. The smallest absolute Gasteiger partial charge is 0.330 e. The van der Waals surface area contributed by atoms with Gasteiger partial charge < -0.3 is 14.2 Å². The Morgan fingerprint density at radius 1 is 1.23 bits per heavy atom. The zero-order valence-corrected chi connectivity index (χ0v) is 13.6. The van der Waals surface area contributed by atoms with Crippen LogP contribution >= 0.6 is 0 Å². The van der Waals surface area contributed by atoms with Gasteiger partial charge in [-0.15, -0.1) is 0 Å². The van der Waals surface area contributed by atoms with Crippen molar-refractivity contribution >= 4 is 11.9 Å². The van der Waals surface area contributed by atoms with Crippen LogP contribution in [0.4, 0.5) is 0 Å². The lowest BCUT2D eigenvalue weighted by molar-refractivity contribution is -0.145. The van der Waals surface area contributed by atoms with E-state index in [-0.39, 0.29) is 11.9 Å². The minimum Gasteiger partial charge on any atom is -0.497 e. The molecule has 0 saturated heterocycles. The van der Waals surface area contributed by atoms with Gasteiger partial charge in [-0.25, -0.2) is 4.79 Å². The first-order valence-electron chi connectivity index (χ1n) is 6.97. The van der Waals surface area contributed by atoms with E-state index < -0.39 is 12.1 Å². The summed E-state index contributed by atoms with van der Waals surface area (Å²) in [5.74, 6) is -0.327. The highest BCUT2D eigenvalue weighted by molar-refractivity contribution is 5.82. The quantitative estimate of drug-likeness (QED) is 0.597. The zero-order valence-electron chi connectivity index (χ0n) is 13.6. The van der Waals surface area contributed by atoms with Crippen LogP contribution in [-0.4, -0.2) is 32.3 Å². The molecule has 5 nitrogen and oxygen atoms in total. The fourth-order valence-corrected chi connectivity index (χ4v) is 2.25. The molecule has 0 spiro atoms. The van der Waals surface area contributed by atoms with Crippen molar-refractivity contribution in [3.05, 3.63) is 41.5 Å². The summed E-state index contributed by atoms with van der Waals surface area (Å²) < 4.78 is 15.1. The largest absolute Gasteiger partial charge is 0.497 e. The second-order valence-electron chi connectivity index (χ2n) is 4.95. The highest BCUT2D eigenvalue weighted by Gasteiger charge is 2.21. The number of hydrogen-bond acceptors (Lipinski definition) is 5. The molecular weight excluding hydrogens is 284 g/mol. The predicted octanol–water partition coefficient (Wildman–Crippen LogP) is 2.77. The Balaban J connectivity index is 3.16. The number of benzene rings is 1. The molecular formula is C17H22O5. The minimum absolute atomic E-state index is 0.256. The summed E-state index contributed by atoms with van der Waals surface area (Å²) in [6.07, 6.45) is 2.62. The highest BCUT2D eigenvalue weighted by atomic mass is 16.5. The molecule has 1 rings (SSSR count). The second kappa shape index (κ2) is 8.22. The SMILES string of the molecule is COC(=O)/C=C/[C@H](c1ccc(OC)cc1C)[C@H](C)OC(C)=O. The van der Waals surface area contributed by atoms with Crippen molar-refractivity contribution in [2.45, 2.75) is 32.8 Å². The van der Waals surface area contributed by atoms with Crippen LogP contribution in [0, 0.1) is 6.92 Å². The predicted molar refractivity (Wildman–Crippen MR) is 82.9 cm³/mol. The number of ether oxygens (including phenoxy) is 3. The fourth-order valence-electron chi connectivity index (χ4n) is 2.25. The molecule has 0 aliphatic carbocycles. The number of rotatable bonds is 6. The van der Waals surface area contributed by atoms with Gasteiger partial charge >= 0.3 is 11.9 Å². The van der Waals surface area contributed by atoms with Crippen LogP contribution in [0.1, 0.15) is 30.9 Å². The number of carbonyl (C=O) groups excluding carboxylic acids is 2. The molecule has 120 valence electrons. The molecule has 0 unspecified atom stereocenters. The Bertz CT molecular complexity index is 562. The highest BCUT2D eigenvalue weighted by Crippen LogP contribution is 2.29. The Morgan fingerprint density at radius 3 is 2.41 bits per heavy atom. The summed E-state index contributed by atoms with van der Waals surface area (Å²) in [4.78, 5) is 22.6. The number of methoxy groups -OCH3 is 2. The molecule has 0 aromatic heterocycles. The van der Waals surface area contributed by atoms with E-state index in [4.69, 9.17) is 9.47 Å². The first-order chi connectivity index (χ1) is 10.4. The van der Waals surface area contributed by atoms with Crippen molar-refractivity contribution in [1.29, 1.82) is 0 Å². The van der Waals surface area contributed by atoms with Crippen molar-refractivity contribution in [2.75, 3.05) is 14.2 Å². The lowest BCUT2D eigenvalue weighted by atomic mass is 9.90. The van der Waals surface area contributed by atoms with Crippen molar-refractivity contribution in [3.63, 3.8) is 0 Å². The van der Waals surface area contributed by atoms with Crippen LogP contribution in [0.2, 0.25) is 0 Å². The van der Waals surface area contributed by atoms with Crippen molar-refractivity contribution in [1.82, 2.24) is 0 Å². The fraction of sp³-hybridized carbons (Fsp3) is 0.412. The lowest BCUT2D eigenvalue weighted by Crippen LogP contribution is -2.21. The van der Waals surface area contributed by atoms with Crippen molar-refractivity contribution in [3.8, 4) is 5.75 Å². The van der Waals surface area contributed by atoms with Gasteiger partial charge in [-0.05, 0) is 37.1 Å². The van der Waals surface area contributed by atoms with Gasteiger partial charge in [-0.2, -0.15) is 0 Å². The van der Waals surface area contributed by atoms with Gasteiger partial charge in [0.25, 0.3) is 0 Å². The van der Waals surface area contributed by atoms with Crippen molar-refractivity contribution < 1.29 is 23.8 Å². The molecule has 0 aliphatic rings. The zero-order chi connectivity index (χ0) is 16.7. The van der Waals surface area contributed by atoms with Crippen LogP contribution < -0.4 is 4.74 Å². The monoisotopic (exact) mass is 306 g/mol. The first-order valence-corrected chi connectivity index (χ1v) is 6.97. The third-order valence-electron chi connectivity index (χ3n) is 3.33. The summed E-state index contributed by atoms with van der Waals surface area (Å²) in [5, 5.41) is 0. The summed E-state index contributed by atoms with van der Waals surface area (Å²) >= 11 is 0. The van der Waals surface area contributed by atoms with E-state index in [9.17, 15) is 9.59 Å². The third-order valence-corrected chi connectivity index (χ3v) is 3.33. The van der Waals surface area contributed by atoms with Gasteiger partial charge in [0.1, 0.15) is 11.9 Å². The molecule has 0 N–H and O–H groups in total. The Kier molecular flexibility index (Phi) is 6.63. The molecule has 0 amide bonds. The Hall–Kier alpha value is -2.30. The topological polar surface area (TPSA) is 61.8 Å². The standard InChI is InChI=1S/C17H22O5/c1-11-10-14(20-4)6-7-15(11)16(8-9-17(19)21-5)12(2)22-13(3)18/h6-10,12,16H,1-5H3/b9-8+/t12-,16-/m0/s1. The van der Waals surface area contributed by atoms with Gasteiger partial charge in [0.2, 0.25) is 0 Å². The van der Waals surface area contributed by atoms with Crippen LogP contribution in [0.15, 0.2) is 30.4 Å². The van der Waals surface area contributed by atoms with E-state index in [0.29, 0.717) is 0 Å². The number of hydrogen-bond donors (Lipinski definition) is 0. The summed E-state index contributed by atoms with van der Waals surface area (Å²) in [6.45, 7) is 5.09. The minimum atomic E-state index is -0.453. The van der Waals surface area contributed by atoms with E-state index >= 15 is 0 Å². The van der Waals surface area contributed by atoms with Crippen LogP contribution in [0.3, 0.4) is 0 Å². The third kappa shape index (κ3) is 4.91. The van der Waals surface area contributed by atoms with E-state index in [1.165, 1.54) is 20.1 Å². The van der Waals surface area contributed by atoms with E-state index in [2.05, 4.69) is 4.74 Å². The summed E-state index contributed by atoms with van der Waals surface area (Å²) in [6, 6.07) is 5.64. The molecule has 1 aromatic rings. The summed E-state index contributed by atoms with van der Waals surface area (Å²) in [5.41, 5.74) is 1.94. The average Bonchev–Trinajstić information content (AvgIpc) is 2.47. The molecule has 2 atom stereocenters. The molecule has 0 aliphatic heterocycles. The van der Waals surface area contributed by atoms with Gasteiger partial charge in [0.15, 0.2) is 0 Å². The number of carbonyl (C=O) groups is 2. The van der Waals surface area contributed by atoms with Gasteiger partial charge in [-0.1, -0.05) is 12.1 Å². The number of aryl methyl sites for hydroxylation is 1. The van der Waals surface area contributed by atoms with Gasteiger partial charge in [-0.3, -0.25) is 4.79 Å². The number of esters is 2. The van der Waals surface area contributed by atoms with E-state index in [1.807, 2.05) is 25.1 Å². The molecule has 5 heteroatoms. The normalized spacial score (nSPS) is 13.5. The Morgan fingerprint density at radius 2 is 1.91 bits per heavy atom. The molecule has 0 saturated carbocycles. The maximum Gasteiger partial charge on any atom is 0.330 e. The Labute approximate surface area is 130 Å². The molecule has 0 fully saturated rings. The molecule has 22 heavy (non-hydrogen) atoms. The first kappa shape index (κ1) is 17.8.